The van der Waals surface area contributed by atoms with Gasteiger partial charge in [-0.1, -0.05) is 50.9 Å². The van der Waals surface area contributed by atoms with Gasteiger partial charge in [0.15, 0.2) is 0 Å². The predicted octanol–water partition coefficient (Wildman–Crippen LogP) is 3.58. The molecule has 1 atom stereocenters. The van der Waals surface area contributed by atoms with E-state index in [-0.39, 0.29) is 18.2 Å². The third kappa shape index (κ3) is 2.66. The van der Waals surface area contributed by atoms with Gasteiger partial charge in [-0.25, -0.2) is 4.90 Å². The smallest absolute Gasteiger partial charge is 0.281 e. The number of aryl methyl sites for hydroxylation is 1. The first-order valence-corrected chi connectivity index (χ1v) is 8.73. The lowest BCUT2D eigenvalue weighted by Crippen LogP contribution is -2.40. The Balaban J connectivity index is 1.60. The monoisotopic (exact) mass is 398 g/mol. The number of imide groups is 1. The molecule has 0 unspecified atom stereocenters. The summed E-state index contributed by atoms with van der Waals surface area (Å²) < 4.78 is 0.961. The molecule has 2 aromatic rings. The number of benzene rings is 2. The van der Waals surface area contributed by atoms with Crippen LogP contribution in [0.3, 0.4) is 0 Å². The SMILES string of the molecule is Cc1ccc(N2C(=O)C[C@@]3(CC(c4ccc(Br)cc4)=NO3)C2=O)cc1. The van der Waals surface area contributed by atoms with Gasteiger partial charge >= 0.3 is 0 Å². The van der Waals surface area contributed by atoms with Gasteiger partial charge in [0, 0.05) is 10.9 Å². The minimum absolute atomic E-state index is 0.00321. The van der Waals surface area contributed by atoms with Crippen LogP contribution in [0.5, 0.6) is 0 Å². The molecule has 6 heteroatoms. The van der Waals surface area contributed by atoms with Crippen LogP contribution in [0.15, 0.2) is 58.2 Å². The molecular weight excluding hydrogens is 384 g/mol. The van der Waals surface area contributed by atoms with Gasteiger partial charge in [0.1, 0.15) is 0 Å². The number of nitrogens with zero attached hydrogens (tertiary/aromatic N) is 2. The molecule has 4 rings (SSSR count). The van der Waals surface area contributed by atoms with E-state index in [1.165, 1.54) is 4.90 Å². The molecule has 1 fully saturated rings. The van der Waals surface area contributed by atoms with Crippen LogP contribution in [0.4, 0.5) is 5.69 Å². The molecule has 2 amide bonds. The average molecular weight is 399 g/mol. The standard InChI is InChI=1S/C19H15BrN2O3/c1-12-2-8-15(9-3-12)22-17(23)11-19(18(22)24)10-16(21-25-19)13-4-6-14(20)7-5-13/h2-9H,10-11H2,1H3/t19-/m0/s1. The Bertz CT molecular complexity index is 890. The van der Waals surface area contributed by atoms with Crippen molar-refractivity contribution in [3.63, 3.8) is 0 Å². The van der Waals surface area contributed by atoms with Gasteiger partial charge in [-0.05, 0) is 36.8 Å². The van der Waals surface area contributed by atoms with E-state index in [0.717, 1.165) is 15.6 Å². The molecule has 0 N–H and O–H groups in total. The number of hydrogen-bond acceptors (Lipinski definition) is 4. The molecule has 1 spiro atoms. The molecule has 25 heavy (non-hydrogen) atoms. The fourth-order valence-electron chi connectivity index (χ4n) is 3.16. The maximum Gasteiger partial charge on any atom is 0.281 e. The fourth-order valence-corrected chi connectivity index (χ4v) is 3.42. The van der Waals surface area contributed by atoms with E-state index in [2.05, 4.69) is 21.1 Å². The van der Waals surface area contributed by atoms with E-state index in [1.807, 2.05) is 43.3 Å². The number of anilines is 1. The molecule has 126 valence electrons. The molecule has 2 aliphatic heterocycles. The number of halogens is 1. The molecule has 2 aromatic carbocycles. The molecule has 0 aromatic heterocycles. The highest BCUT2D eigenvalue weighted by molar-refractivity contribution is 9.10. The number of oxime groups is 1. The Hall–Kier alpha value is -2.47. The summed E-state index contributed by atoms with van der Waals surface area (Å²) in [5.74, 6) is -0.613. The summed E-state index contributed by atoms with van der Waals surface area (Å²) in [4.78, 5) is 32.2. The molecule has 1 saturated heterocycles. The topological polar surface area (TPSA) is 59.0 Å². The third-order valence-electron chi connectivity index (χ3n) is 4.53. The Kier molecular flexibility index (Phi) is 3.72. The lowest BCUT2D eigenvalue weighted by atomic mass is 9.92. The Morgan fingerprint density at radius 1 is 1.04 bits per heavy atom. The number of carbonyl (C=O) groups excluding carboxylic acids is 2. The lowest BCUT2D eigenvalue weighted by Gasteiger charge is -2.19. The zero-order valence-corrected chi connectivity index (χ0v) is 15.1. The van der Waals surface area contributed by atoms with Crippen molar-refractivity contribution >= 4 is 39.1 Å². The van der Waals surface area contributed by atoms with Crippen LogP contribution in [-0.4, -0.2) is 23.1 Å². The van der Waals surface area contributed by atoms with Gasteiger partial charge in [0.2, 0.25) is 11.5 Å². The molecule has 2 aliphatic rings. The van der Waals surface area contributed by atoms with E-state index >= 15 is 0 Å². The predicted molar refractivity (Wildman–Crippen MR) is 97.4 cm³/mol. The average Bonchev–Trinajstić information content (AvgIpc) is 3.12. The van der Waals surface area contributed by atoms with Crippen LogP contribution < -0.4 is 4.90 Å². The van der Waals surface area contributed by atoms with E-state index in [1.54, 1.807) is 12.1 Å². The van der Waals surface area contributed by atoms with Crippen LogP contribution in [-0.2, 0) is 14.4 Å². The molecule has 5 nitrogen and oxygen atoms in total. The van der Waals surface area contributed by atoms with Crippen LogP contribution in [0, 0.1) is 6.92 Å². The summed E-state index contributed by atoms with van der Waals surface area (Å²) in [7, 11) is 0. The van der Waals surface area contributed by atoms with Crippen molar-refractivity contribution in [2.45, 2.75) is 25.4 Å². The number of hydrogen-bond donors (Lipinski definition) is 0. The zero-order valence-electron chi connectivity index (χ0n) is 13.5. The second-order valence-electron chi connectivity index (χ2n) is 6.35. The molecule has 0 aliphatic carbocycles. The highest BCUT2D eigenvalue weighted by Crippen LogP contribution is 2.39. The summed E-state index contributed by atoms with van der Waals surface area (Å²) in [5, 5.41) is 4.10. The number of amides is 2. The second-order valence-corrected chi connectivity index (χ2v) is 7.27. The van der Waals surface area contributed by atoms with Gasteiger partial charge in [0.05, 0.1) is 17.8 Å². The van der Waals surface area contributed by atoms with Crippen molar-refractivity contribution in [1.29, 1.82) is 0 Å². The molecule has 0 saturated carbocycles. The van der Waals surface area contributed by atoms with Crippen LogP contribution in [0.1, 0.15) is 24.0 Å². The highest BCUT2D eigenvalue weighted by atomic mass is 79.9. The van der Waals surface area contributed by atoms with Crippen molar-refractivity contribution in [3.05, 3.63) is 64.1 Å². The van der Waals surface area contributed by atoms with E-state index in [0.29, 0.717) is 17.8 Å². The van der Waals surface area contributed by atoms with Crippen molar-refractivity contribution < 1.29 is 14.4 Å². The Morgan fingerprint density at radius 2 is 1.72 bits per heavy atom. The fraction of sp³-hybridized carbons (Fsp3) is 0.211. The minimum Gasteiger partial charge on any atom is -0.378 e. The summed E-state index contributed by atoms with van der Waals surface area (Å²) in [6.07, 6.45) is 0.296. The largest absolute Gasteiger partial charge is 0.378 e. The highest BCUT2D eigenvalue weighted by Gasteiger charge is 2.57. The van der Waals surface area contributed by atoms with Crippen LogP contribution >= 0.6 is 15.9 Å². The summed E-state index contributed by atoms with van der Waals surface area (Å²) >= 11 is 3.39. The molecule has 2 heterocycles. The van der Waals surface area contributed by atoms with Gasteiger partial charge in [-0.15, -0.1) is 0 Å². The van der Waals surface area contributed by atoms with Gasteiger partial charge in [0.25, 0.3) is 5.91 Å². The van der Waals surface area contributed by atoms with Crippen LogP contribution in [0.2, 0.25) is 0 Å². The normalized spacial score (nSPS) is 22.5. The van der Waals surface area contributed by atoms with Crippen molar-refractivity contribution in [2.75, 3.05) is 4.90 Å². The zero-order chi connectivity index (χ0) is 17.6. The minimum atomic E-state index is -1.22. The van der Waals surface area contributed by atoms with Gasteiger partial charge < -0.3 is 4.84 Å². The van der Waals surface area contributed by atoms with Gasteiger partial charge in [-0.2, -0.15) is 0 Å². The molecule has 0 bridgehead atoms. The maximum absolute atomic E-state index is 13.0. The third-order valence-corrected chi connectivity index (χ3v) is 5.06. The maximum atomic E-state index is 13.0. The summed E-state index contributed by atoms with van der Waals surface area (Å²) in [5.41, 5.74) is 1.98. The van der Waals surface area contributed by atoms with Gasteiger partial charge in [-0.3, -0.25) is 9.59 Å². The van der Waals surface area contributed by atoms with Crippen LogP contribution in [0.25, 0.3) is 0 Å². The number of rotatable bonds is 2. The first-order chi connectivity index (χ1) is 12.0. The van der Waals surface area contributed by atoms with E-state index in [9.17, 15) is 9.59 Å². The summed E-state index contributed by atoms with van der Waals surface area (Å²) in [6.45, 7) is 1.96. The second kappa shape index (κ2) is 5.81. The van der Waals surface area contributed by atoms with E-state index < -0.39 is 5.60 Å². The molecule has 0 radical (unpaired) electrons. The lowest BCUT2D eigenvalue weighted by molar-refractivity contribution is -0.136. The van der Waals surface area contributed by atoms with Crippen molar-refractivity contribution in [2.24, 2.45) is 5.16 Å². The number of carbonyl (C=O) groups is 2. The summed E-state index contributed by atoms with van der Waals surface area (Å²) in [6, 6.07) is 14.9. The van der Waals surface area contributed by atoms with Crippen molar-refractivity contribution in [3.8, 4) is 0 Å². The first kappa shape index (κ1) is 16.0. The first-order valence-electron chi connectivity index (χ1n) is 7.94. The quantitative estimate of drug-likeness (QED) is 0.726. The Morgan fingerprint density at radius 3 is 2.40 bits per heavy atom. The molecular formula is C19H15BrN2O3. The van der Waals surface area contributed by atoms with Crippen molar-refractivity contribution in [1.82, 2.24) is 0 Å². The Labute approximate surface area is 153 Å². The van der Waals surface area contributed by atoms with E-state index in [4.69, 9.17) is 4.84 Å².